The maximum Gasteiger partial charge on any atom is 0.328 e. The lowest BCUT2D eigenvalue weighted by Crippen LogP contribution is -2.39. The first-order valence-corrected chi connectivity index (χ1v) is 7.91. The molecule has 1 saturated heterocycles. The van der Waals surface area contributed by atoms with Crippen LogP contribution in [0.3, 0.4) is 0 Å². The molecule has 5 nitrogen and oxygen atoms in total. The Bertz CT molecular complexity index is 522. The Hall–Kier alpha value is -1.79. The molecule has 1 atom stereocenters. The van der Waals surface area contributed by atoms with Gasteiger partial charge in [0, 0.05) is 42.3 Å². The Morgan fingerprint density at radius 1 is 1.38 bits per heavy atom. The van der Waals surface area contributed by atoms with Crippen molar-refractivity contribution in [3.8, 4) is 0 Å². The molecule has 1 aromatic carbocycles. The van der Waals surface area contributed by atoms with Crippen LogP contribution in [0.1, 0.15) is 12.0 Å². The fourth-order valence-electron chi connectivity index (χ4n) is 2.03. The number of anilines is 1. The van der Waals surface area contributed by atoms with Crippen LogP contribution < -0.4 is 10.6 Å². The molecule has 1 aliphatic heterocycles. The highest BCUT2D eigenvalue weighted by molar-refractivity contribution is 7.99. The molecule has 0 bridgehead atoms. The number of rotatable bonds is 5. The highest BCUT2D eigenvalue weighted by atomic mass is 32.2. The molecule has 6 heteroatoms. The monoisotopic (exact) mass is 306 g/mol. The van der Waals surface area contributed by atoms with Crippen LogP contribution in [-0.2, 0) is 9.59 Å². The van der Waals surface area contributed by atoms with Gasteiger partial charge in [0.1, 0.15) is 0 Å². The third-order valence-corrected chi connectivity index (χ3v) is 4.17. The van der Waals surface area contributed by atoms with E-state index < -0.39 is 5.97 Å². The molecular weight excluding hydrogens is 288 g/mol. The quantitative estimate of drug-likeness (QED) is 0.723. The van der Waals surface area contributed by atoms with Gasteiger partial charge >= 0.3 is 5.97 Å². The van der Waals surface area contributed by atoms with Crippen LogP contribution in [0, 0.1) is 0 Å². The summed E-state index contributed by atoms with van der Waals surface area (Å²) in [5.41, 5.74) is 1.50. The molecule has 112 valence electrons. The standard InChI is InChI=1S/C15H18N2O3S/c18-14(9-13-10-21-8-7-16-13)17-12-4-1-11(2-5-12)3-6-15(19)20/h1-6,13,16H,7-10H2,(H,17,18)(H,19,20)/b6-3+. The highest BCUT2D eigenvalue weighted by Crippen LogP contribution is 2.14. The van der Waals surface area contributed by atoms with Gasteiger partial charge in [0.2, 0.25) is 5.91 Å². The van der Waals surface area contributed by atoms with Crippen LogP contribution >= 0.6 is 11.8 Å². The first-order valence-electron chi connectivity index (χ1n) is 6.75. The molecule has 1 aromatic rings. The number of carboxylic acids is 1. The molecule has 0 radical (unpaired) electrons. The molecule has 1 unspecified atom stereocenters. The Kier molecular flexibility index (Phi) is 5.83. The van der Waals surface area contributed by atoms with E-state index in [4.69, 9.17) is 5.11 Å². The second kappa shape index (κ2) is 7.85. The summed E-state index contributed by atoms with van der Waals surface area (Å²) >= 11 is 1.86. The fourth-order valence-corrected chi connectivity index (χ4v) is 2.98. The highest BCUT2D eigenvalue weighted by Gasteiger charge is 2.16. The molecule has 1 fully saturated rings. The van der Waals surface area contributed by atoms with E-state index in [1.165, 1.54) is 6.08 Å². The number of carboxylic acid groups (broad SMARTS) is 1. The average Bonchev–Trinajstić information content (AvgIpc) is 2.47. The van der Waals surface area contributed by atoms with E-state index in [0.717, 1.165) is 35.4 Å². The van der Waals surface area contributed by atoms with Crippen molar-refractivity contribution in [2.24, 2.45) is 0 Å². The van der Waals surface area contributed by atoms with Crippen molar-refractivity contribution < 1.29 is 14.7 Å². The number of thioether (sulfide) groups is 1. The summed E-state index contributed by atoms with van der Waals surface area (Å²) in [5, 5.41) is 14.7. The summed E-state index contributed by atoms with van der Waals surface area (Å²) in [6, 6.07) is 7.31. The largest absolute Gasteiger partial charge is 0.478 e. The van der Waals surface area contributed by atoms with Gasteiger partial charge in [0.05, 0.1) is 0 Å². The molecule has 0 saturated carbocycles. The second-order valence-electron chi connectivity index (χ2n) is 4.77. The summed E-state index contributed by atoms with van der Waals surface area (Å²) in [4.78, 5) is 22.4. The van der Waals surface area contributed by atoms with Crippen molar-refractivity contribution in [3.63, 3.8) is 0 Å². The fraction of sp³-hybridized carbons (Fsp3) is 0.333. The molecule has 0 aliphatic carbocycles. The van der Waals surface area contributed by atoms with Crippen molar-refractivity contribution in [1.82, 2.24) is 5.32 Å². The number of nitrogens with one attached hydrogen (secondary N) is 2. The van der Waals surface area contributed by atoms with Gasteiger partial charge in [0.25, 0.3) is 0 Å². The van der Waals surface area contributed by atoms with E-state index in [2.05, 4.69) is 10.6 Å². The minimum Gasteiger partial charge on any atom is -0.478 e. The zero-order chi connectivity index (χ0) is 15.1. The van der Waals surface area contributed by atoms with Gasteiger partial charge < -0.3 is 15.7 Å². The zero-order valence-corrected chi connectivity index (χ0v) is 12.4. The minimum atomic E-state index is -0.981. The molecule has 1 amide bonds. The van der Waals surface area contributed by atoms with Crippen LogP contribution in [0.4, 0.5) is 5.69 Å². The van der Waals surface area contributed by atoms with Gasteiger partial charge in [-0.05, 0) is 23.8 Å². The smallest absolute Gasteiger partial charge is 0.328 e. The number of benzene rings is 1. The molecule has 1 heterocycles. The van der Waals surface area contributed by atoms with E-state index in [9.17, 15) is 9.59 Å². The average molecular weight is 306 g/mol. The predicted octanol–water partition coefficient (Wildman–Crippen LogP) is 1.82. The van der Waals surface area contributed by atoms with E-state index >= 15 is 0 Å². The third kappa shape index (κ3) is 5.61. The molecule has 21 heavy (non-hydrogen) atoms. The van der Waals surface area contributed by atoms with E-state index in [-0.39, 0.29) is 11.9 Å². The number of aliphatic carboxylic acids is 1. The van der Waals surface area contributed by atoms with Gasteiger partial charge in [-0.1, -0.05) is 12.1 Å². The molecule has 0 aromatic heterocycles. The Labute approximate surface area is 127 Å². The van der Waals surface area contributed by atoms with Crippen LogP contribution in [0.25, 0.3) is 6.08 Å². The summed E-state index contributed by atoms with van der Waals surface area (Å²) in [6.07, 6.45) is 3.06. The van der Waals surface area contributed by atoms with Crippen molar-refractivity contribution in [1.29, 1.82) is 0 Å². The molecule has 0 spiro atoms. The van der Waals surface area contributed by atoms with Crippen LogP contribution in [0.2, 0.25) is 0 Å². The van der Waals surface area contributed by atoms with E-state index in [1.54, 1.807) is 24.3 Å². The van der Waals surface area contributed by atoms with E-state index in [1.807, 2.05) is 11.8 Å². The number of amides is 1. The number of carbonyl (C=O) groups is 2. The normalized spacial score (nSPS) is 18.6. The van der Waals surface area contributed by atoms with Gasteiger partial charge in [0.15, 0.2) is 0 Å². The van der Waals surface area contributed by atoms with Crippen molar-refractivity contribution >= 4 is 35.4 Å². The summed E-state index contributed by atoms with van der Waals surface area (Å²) in [6.45, 7) is 0.952. The first-order chi connectivity index (χ1) is 10.1. The number of hydrogen-bond acceptors (Lipinski definition) is 4. The Morgan fingerprint density at radius 3 is 2.76 bits per heavy atom. The second-order valence-corrected chi connectivity index (χ2v) is 5.92. The van der Waals surface area contributed by atoms with Gasteiger partial charge in [-0.3, -0.25) is 4.79 Å². The number of hydrogen-bond donors (Lipinski definition) is 3. The van der Waals surface area contributed by atoms with Crippen LogP contribution in [0.15, 0.2) is 30.3 Å². The summed E-state index contributed by atoms with van der Waals surface area (Å²) in [5.74, 6) is 1.07. The third-order valence-electron chi connectivity index (χ3n) is 3.04. The van der Waals surface area contributed by atoms with Gasteiger partial charge in [-0.25, -0.2) is 4.79 Å². The van der Waals surface area contributed by atoms with E-state index in [0.29, 0.717) is 6.42 Å². The van der Waals surface area contributed by atoms with Crippen molar-refractivity contribution in [2.45, 2.75) is 12.5 Å². The lowest BCUT2D eigenvalue weighted by atomic mass is 10.1. The number of carbonyl (C=O) groups excluding carboxylic acids is 1. The summed E-state index contributed by atoms with van der Waals surface area (Å²) < 4.78 is 0. The molecule has 3 N–H and O–H groups in total. The lowest BCUT2D eigenvalue weighted by Gasteiger charge is -2.22. The molecule has 1 aliphatic rings. The maximum absolute atomic E-state index is 11.9. The Morgan fingerprint density at radius 2 is 2.14 bits per heavy atom. The predicted molar refractivity (Wildman–Crippen MR) is 85.5 cm³/mol. The zero-order valence-electron chi connectivity index (χ0n) is 11.5. The lowest BCUT2D eigenvalue weighted by molar-refractivity contribution is -0.131. The van der Waals surface area contributed by atoms with Crippen molar-refractivity contribution in [2.75, 3.05) is 23.4 Å². The molecule has 2 rings (SSSR count). The van der Waals surface area contributed by atoms with Crippen molar-refractivity contribution in [3.05, 3.63) is 35.9 Å². The first kappa shape index (κ1) is 15.6. The minimum absolute atomic E-state index is 0.0103. The van der Waals surface area contributed by atoms with Gasteiger partial charge in [-0.2, -0.15) is 11.8 Å². The maximum atomic E-state index is 11.9. The SMILES string of the molecule is O=C(O)/C=C/c1ccc(NC(=O)CC2CSCCN2)cc1. The van der Waals surface area contributed by atoms with Crippen LogP contribution in [0.5, 0.6) is 0 Å². The summed E-state index contributed by atoms with van der Waals surface area (Å²) in [7, 11) is 0. The van der Waals surface area contributed by atoms with Crippen LogP contribution in [-0.4, -0.2) is 41.1 Å². The molecular formula is C15H18N2O3S. The Balaban J connectivity index is 1.84. The topological polar surface area (TPSA) is 78.4 Å². The van der Waals surface area contributed by atoms with Gasteiger partial charge in [-0.15, -0.1) is 0 Å².